The number of pyridine rings is 2. The van der Waals surface area contributed by atoms with Gasteiger partial charge < -0.3 is 10.3 Å². The summed E-state index contributed by atoms with van der Waals surface area (Å²) in [6.45, 7) is 1.92. The van der Waals surface area contributed by atoms with Gasteiger partial charge in [-0.15, -0.1) is 0 Å². The number of nitrogens with one attached hydrogen (secondary N) is 2. The van der Waals surface area contributed by atoms with Crippen LogP contribution in [0.4, 0.5) is 5.82 Å². The highest BCUT2D eigenvalue weighted by Crippen LogP contribution is 2.22. The van der Waals surface area contributed by atoms with Gasteiger partial charge in [-0.2, -0.15) is 0 Å². The predicted molar refractivity (Wildman–Crippen MR) is 93.6 cm³/mol. The van der Waals surface area contributed by atoms with Gasteiger partial charge in [0.25, 0.3) is 5.56 Å². The number of halogens is 2. The van der Waals surface area contributed by atoms with Gasteiger partial charge in [-0.3, -0.25) is 4.79 Å². The summed E-state index contributed by atoms with van der Waals surface area (Å²) in [4.78, 5) is 19.4. The number of hydrogen-bond acceptors (Lipinski definition) is 3. The molecular weight excluding hydrogens is 366 g/mol. The second-order valence-corrected chi connectivity index (χ2v) is 6.36. The van der Waals surface area contributed by atoms with Gasteiger partial charge in [0.05, 0.1) is 6.04 Å². The van der Waals surface area contributed by atoms with Crippen LogP contribution in [0, 0.1) is 0 Å². The van der Waals surface area contributed by atoms with E-state index >= 15 is 0 Å². The summed E-state index contributed by atoms with van der Waals surface area (Å²) in [5, 5.41) is 4.76. The van der Waals surface area contributed by atoms with E-state index in [2.05, 4.69) is 31.2 Å². The summed E-state index contributed by atoms with van der Waals surface area (Å²) in [6, 6.07) is 10.8. The molecular formula is C16H13BrClN3O. The molecule has 0 aliphatic carbocycles. The first kappa shape index (κ1) is 15.1. The minimum Gasteiger partial charge on any atom is -0.363 e. The molecule has 1 unspecified atom stereocenters. The first-order chi connectivity index (χ1) is 10.5. The molecule has 1 aromatic carbocycles. The smallest absolute Gasteiger partial charge is 0.253 e. The molecule has 2 N–H and O–H groups in total. The van der Waals surface area contributed by atoms with Crippen molar-refractivity contribution in [2.45, 2.75) is 13.0 Å². The second-order valence-electron chi connectivity index (χ2n) is 5.01. The molecule has 0 amide bonds. The Kier molecular flexibility index (Phi) is 4.18. The van der Waals surface area contributed by atoms with Gasteiger partial charge in [-0.1, -0.05) is 27.5 Å². The lowest BCUT2D eigenvalue weighted by Gasteiger charge is -2.15. The molecule has 112 valence electrons. The molecule has 0 radical (unpaired) electrons. The van der Waals surface area contributed by atoms with E-state index in [0.29, 0.717) is 16.4 Å². The van der Waals surface area contributed by atoms with Crippen molar-refractivity contribution in [2.24, 2.45) is 0 Å². The Hall–Kier alpha value is -1.85. The summed E-state index contributed by atoms with van der Waals surface area (Å²) >= 11 is 9.42. The van der Waals surface area contributed by atoms with E-state index in [4.69, 9.17) is 11.6 Å². The molecule has 4 nitrogen and oxygen atoms in total. The lowest BCUT2D eigenvalue weighted by molar-refractivity contribution is 0.857. The van der Waals surface area contributed by atoms with Crippen LogP contribution in [0.25, 0.3) is 10.9 Å². The fourth-order valence-electron chi connectivity index (χ4n) is 2.30. The van der Waals surface area contributed by atoms with Crippen LogP contribution in [0.2, 0.25) is 5.02 Å². The fourth-order valence-corrected chi connectivity index (χ4v) is 2.81. The third-order valence-corrected chi connectivity index (χ3v) is 4.12. The largest absolute Gasteiger partial charge is 0.363 e. The zero-order valence-corrected chi connectivity index (χ0v) is 14.1. The number of H-pyrrole nitrogens is 1. The van der Waals surface area contributed by atoms with Crippen LogP contribution >= 0.6 is 27.5 Å². The molecule has 2 heterocycles. The summed E-state index contributed by atoms with van der Waals surface area (Å²) in [7, 11) is 0. The van der Waals surface area contributed by atoms with Crippen molar-refractivity contribution >= 4 is 44.3 Å². The van der Waals surface area contributed by atoms with Crippen LogP contribution in [0.1, 0.15) is 18.5 Å². The maximum atomic E-state index is 12.3. The highest BCUT2D eigenvalue weighted by molar-refractivity contribution is 9.10. The van der Waals surface area contributed by atoms with Crippen molar-refractivity contribution in [2.75, 3.05) is 5.32 Å². The number of benzene rings is 1. The summed E-state index contributed by atoms with van der Waals surface area (Å²) < 4.78 is 0.927. The average molecular weight is 379 g/mol. The predicted octanol–water partition coefficient (Wildman–Crippen LogP) is 4.51. The Bertz CT molecular complexity index is 894. The summed E-state index contributed by atoms with van der Waals surface area (Å²) in [5.74, 6) is 0.701. The summed E-state index contributed by atoms with van der Waals surface area (Å²) in [5.41, 5.74) is 1.28. The highest BCUT2D eigenvalue weighted by atomic mass is 79.9. The van der Waals surface area contributed by atoms with E-state index in [1.807, 2.05) is 31.2 Å². The summed E-state index contributed by atoms with van der Waals surface area (Å²) in [6.07, 6.45) is 1.70. The number of nitrogens with zero attached hydrogens (tertiary/aromatic N) is 1. The molecule has 0 fully saturated rings. The molecule has 2 aromatic heterocycles. The van der Waals surface area contributed by atoms with Crippen molar-refractivity contribution in [3.63, 3.8) is 0 Å². The zero-order valence-electron chi connectivity index (χ0n) is 11.7. The average Bonchev–Trinajstić information content (AvgIpc) is 2.47. The first-order valence-corrected chi connectivity index (χ1v) is 7.90. The van der Waals surface area contributed by atoms with Crippen LogP contribution in [-0.2, 0) is 0 Å². The number of rotatable bonds is 3. The standard InChI is InChI=1S/C16H13BrClN3O/c1-9(20-15-8-11(17)4-5-19-15)13-7-10-6-12(18)2-3-14(10)21-16(13)22/h2-9H,1H3,(H,19,20)(H,21,22). The van der Waals surface area contributed by atoms with Crippen LogP contribution in [0.15, 0.2) is 51.9 Å². The van der Waals surface area contributed by atoms with Crippen molar-refractivity contribution < 1.29 is 0 Å². The molecule has 0 saturated heterocycles. The van der Waals surface area contributed by atoms with E-state index in [-0.39, 0.29) is 11.6 Å². The first-order valence-electron chi connectivity index (χ1n) is 6.73. The SMILES string of the molecule is CC(Nc1cc(Br)ccn1)c1cc2cc(Cl)ccc2[nH]c1=O. The minimum absolute atomic E-state index is 0.121. The van der Waals surface area contributed by atoms with E-state index in [1.54, 1.807) is 18.3 Å². The Morgan fingerprint density at radius 3 is 2.86 bits per heavy atom. The van der Waals surface area contributed by atoms with E-state index < -0.39 is 0 Å². The molecule has 0 aliphatic heterocycles. The van der Waals surface area contributed by atoms with Gasteiger partial charge in [-0.25, -0.2) is 4.98 Å². The van der Waals surface area contributed by atoms with Gasteiger partial charge in [0.1, 0.15) is 5.82 Å². The lowest BCUT2D eigenvalue weighted by atomic mass is 10.1. The maximum absolute atomic E-state index is 12.3. The van der Waals surface area contributed by atoms with Crippen LogP contribution in [0.5, 0.6) is 0 Å². The van der Waals surface area contributed by atoms with Crippen LogP contribution in [-0.4, -0.2) is 9.97 Å². The molecule has 0 spiro atoms. The van der Waals surface area contributed by atoms with E-state index in [1.165, 1.54) is 0 Å². The van der Waals surface area contributed by atoms with Crippen LogP contribution < -0.4 is 10.9 Å². The molecule has 22 heavy (non-hydrogen) atoms. The topological polar surface area (TPSA) is 57.8 Å². The Morgan fingerprint density at radius 2 is 2.09 bits per heavy atom. The number of anilines is 1. The molecule has 1 atom stereocenters. The molecule has 3 rings (SSSR count). The number of aromatic nitrogens is 2. The molecule has 0 saturated carbocycles. The van der Waals surface area contributed by atoms with Crippen molar-refractivity contribution in [3.8, 4) is 0 Å². The minimum atomic E-state index is -0.186. The molecule has 0 aliphatic rings. The van der Waals surface area contributed by atoms with E-state index in [9.17, 15) is 4.79 Å². The van der Waals surface area contributed by atoms with Gasteiger partial charge in [0.2, 0.25) is 0 Å². The quantitative estimate of drug-likeness (QED) is 0.705. The number of fused-ring (bicyclic) bond motifs is 1. The number of hydrogen-bond donors (Lipinski definition) is 2. The van der Waals surface area contributed by atoms with Gasteiger partial charge in [0.15, 0.2) is 0 Å². The Balaban J connectivity index is 1.98. The van der Waals surface area contributed by atoms with Crippen LogP contribution in [0.3, 0.4) is 0 Å². The van der Waals surface area contributed by atoms with Gasteiger partial charge >= 0.3 is 0 Å². The highest BCUT2D eigenvalue weighted by Gasteiger charge is 2.12. The monoisotopic (exact) mass is 377 g/mol. The molecule has 0 bridgehead atoms. The Morgan fingerprint density at radius 1 is 1.27 bits per heavy atom. The van der Waals surface area contributed by atoms with Gasteiger partial charge in [-0.05, 0) is 43.3 Å². The third kappa shape index (κ3) is 3.15. The molecule has 6 heteroatoms. The normalized spacial score (nSPS) is 12.3. The van der Waals surface area contributed by atoms with Crippen molar-refractivity contribution in [1.29, 1.82) is 0 Å². The van der Waals surface area contributed by atoms with Gasteiger partial charge in [0, 0.05) is 32.2 Å². The third-order valence-electron chi connectivity index (χ3n) is 3.39. The maximum Gasteiger partial charge on any atom is 0.253 e. The van der Waals surface area contributed by atoms with Crippen molar-refractivity contribution in [3.05, 3.63) is 68.0 Å². The number of aromatic amines is 1. The van der Waals surface area contributed by atoms with E-state index in [0.717, 1.165) is 15.4 Å². The second kappa shape index (κ2) is 6.10. The Labute approximate surface area is 140 Å². The van der Waals surface area contributed by atoms with Crippen molar-refractivity contribution in [1.82, 2.24) is 9.97 Å². The fraction of sp³-hybridized carbons (Fsp3) is 0.125. The zero-order chi connectivity index (χ0) is 15.7. The lowest BCUT2D eigenvalue weighted by Crippen LogP contribution is -2.19. The molecule has 3 aromatic rings.